The Balaban J connectivity index is 0.00000280. The van der Waals surface area contributed by atoms with E-state index in [1.807, 2.05) is 10.8 Å². The van der Waals surface area contributed by atoms with Gasteiger partial charge in [-0.2, -0.15) is 0 Å². The molecule has 0 saturated heterocycles. The van der Waals surface area contributed by atoms with E-state index in [1.54, 1.807) is 35.0 Å². The van der Waals surface area contributed by atoms with E-state index in [1.165, 1.54) is 7.11 Å². The lowest BCUT2D eigenvalue weighted by Crippen LogP contribution is -2.29. The van der Waals surface area contributed by atoms with Gasteiger partial charge in [0, 0.05) is 30.4 Å². The minimum Gasteiger partial charge on any atom is -0.469 e. The van der Waals surface area contributed by atoms with Crippen molar-refractivity contribution in [2.45, 2.75) is 44.6 Å². The van der Waals surface area contributed by atoms with E-state index in [2.05, 4.69) is 0 Å². The molecule has 1 aliphatic carbocycles. The molecule has 0 unspecified atom stereocenters. The highest BCUT2D eigenvalue weighted by Crippen LogP contribution is 2.33. The van der Waals surface area contributed by atoms with Crippen LogP contribution in [0, 0.1) is 11.3 Å². The van der Waals surface area contributed by atoms with Crippen LogP contribution in [-0.4, -0.2) is 28.0 Å². The van der Waals surface area contributed by atoms with E-state index in [4.69, 9.17) is 15.9 Å². The average Bonchev–Trinajstić information content (AvgIpc) is 3.08. The molecule has 1 aromatic heterocycles. The molecule has 1 heterocycles. The van der Waals surface area contributed by atoms with Gasteiger partial charge in [0.25, 0.3) is 0 Å². The van der Waals surface area contributed by atoms with Crippen molar-refractivity contribution in [2.75, 3.05) is 7.11 Å². The van der Waals surface area contributed by atoms with Gasteiger partial charge in [-0.1, -0.05) is 0 Å². The van der Waals surface area contributed by atoms with Gasteiger partial charge in [0.15, 0.2) is 0 Å². The second-order valence-electron chi connectivity index (χ2n) is 7.11. The van der Waals surface area contributed by atoms with E-state index in [0.717, 1.165) is 37.8 Å². The number of nitrogens with two attached hydrogens (primary N) is 1. The van der Waals surface area contributed by atoms with Gasteiger partial charge in [0.05, 0.1) is 12.8 Å². The summed E-state index contributed by atoms with van der Waals surface area (Å²) >= 11 is 0. The number of hydrogen-bond acceptors (Lipinski definition) is 4. The molecule has 152 valence electrons. The molecule has 1 saturated carbocycles. The molecule has 0 radical (unpaired) electrons. The monoisotopic (exact) mass is 406 g/mol. The number of ether oxygens (including phenoxy) is 1. The minimum atomic E-state index is -0.152. The third-order valence-corrected chi connectivity index (χ3v) is 5.45. The van der Waals surface area contributed by atoms with Gasteiger partial charge in [-0.3, -0.25) is 19.3 Å². The van der Waals surface area contributed by atoms with Gasteiger partial charge >= 0.3 is 11.7 Å². The maximum Gasteiger partial charge on any atom is 0.332 e. The summed E-state index contributed by atoms with van der Waals surface area (Å²) in [4.78, 5) is 24.1. The summed E-state index contributed by atoms with van der Waals surface area (Å²) in [6.45, 7) is 0. The highest BCUT2D eigenvalue weighted by atomic mass is 35.5. The third-order valence-electron chi connectivity index (χ3n) is 5.45. The van der Waals surface area contributed by atoms with Crippen LogP contribution >= 0.6 is 12.4 Å². The van der Waals surface area contributed by atoms with Crippen molar-refractivity contribution in [3.05, 3.63) is 52.7 Å². The van der Waals surface area contributed by atoms with Crippen LogP contribution < -0.4 is 11.4 Å². The number of methoxy groups -OCH3 is 1. The van der Waals surface area contributed by atoms with Gasteiger partial charge in [-0.15, -0.1) is 12.4 Å². The summed E-state index contributed by atoms with van der Waals surface area (Å²) in [5, 5.41) is 7.45. The van der Waals surface area contributed by atoms with E-state index >= 15 is 0 Å². The largest absolute Gasteiger partial charge is 0.469 e. The lowest BCUT2D eigenvalue weighted by atomic mass is 9.83. The summed E-state index contributed by atoms with van der Waals surface area (Å²) in [7, 11) is 1.42. The Kier molecular flexibility index (Phi) is 7.45. The van der Waals surface area contributed by atoms with Crippen molar-refractivity contribution in [2.24, 2.45) is 11.7 Å². The van der Waals surface area contributed by atoms with Crippen LogP contribution in [0.4, 0.5) is 0 Å². The molecular formula is C20H27ClN4O3. The van der Waals surface area contributed by atoms with Crippen molar-refractivity contribution in [1.82, 2.24) is 9.13 Å². The molecule has 0 amide bonds. The zero-order valence-corrected chi connectivity index (χ0v) is 16.8. The highest BCUT2D eigenvalue weighted by molar-refractivity contribution is 5.95. The predicted molar refractivity (Wildman–Crippen MR) is 111 cm³/mol. The van der Waals surface area contributed by atoms with Crippen molar-refractivity contribution in [3.8, 4) is 5.69 Å². The molecule has 0 aliphatic heterocycles. The zero-order valence-electron chi connectivity index (χ0n) is 16.0. The van der Waals surface area contributed by atoms with Gasteiger partial charge in [-0.05, 0) is 62.3 Å². The maximum absolute atomic E-state index is 12.8. The highest BCUT2D eigenvalue weighted by Gasteiger charge is 2.24. The first kappa shape index (κ1) is 21.8. The molecule has 3 N–H and O–H groups in total. The van der Waals surface area contributed by atoms with Crippen molar-refractivity contribution in [3.63, 3.8) is 0 Å². The van der Waals surface area contributed by atoms with Crippen molar-refractivity contribution < 1.29 is 9.53 Å². The number of carbonyl (C=O) groups excluding carboxylic acids is 1. The summed E-state index contributed by atoms with van der Waals surface area (Å²) < 4.78 is 8.14. The van der Waals surface area contributed by atoms with Crippen molar-refractivity contribution >= 4 is 24.2 Å². The van der Waals surface area contributed by atoms with Gasteiger partial charge in [-0.25, -0.2) is 4.79 Å². The molecule has 1 aliphatic rings. The molecule has 0 spiro atoms. The predicted octanol–water partition coefficient (Wildman–Crippen LogP) is 3.03. The normalized spacial score (nSPS) is 18.9. The number of benzene rings is 1. The fraction of sp³-hybridized carbons (Fsp3) is 0.450. The number of rotatable bonds is 6. The van der Waals surface area contributed by atoms with Crippen LogP contribution in [0.3, 0.4) is 0 Å². The molecule has 1 aromatic carbocycles. The molecular weight excluding hydrogens is 380 g/mol. The van der Waals surface area contributed by atoms with E-state index < -0.39 is 0 Å². The number of hydrogen-bond donors (Lipinski definition) is 2. The third kappa shape index (κ3) is 4.84. The number of carbonyl (C=O) groups is 1. The zero-order chi connectivity index (χ0) is 19.4. The first-order valence-electron chi connectivity index (χ1n) is 9.30. The van der Waals surface area contributed by atoms with Crippen LogP contribution in [0.1, 0.15) is 50.1 Å². The maximum atomic E-state index is 12.8. The van der Waals surface area contributed by atoms with Gasteiger partial charge in [0.1, 0.15) is 5.84 Å². The number of nitrogen functional groups attached to an aromatic ring is 1. The molecule has 1 fully saturated rings. The van der Waals surface area contributed by atoms with Gasteiger partial charge < -0.3 is 10.5 Å². The fourth-order valence-electron chi connectivity index (χ4n) is 3.80. The summed E-state index contributed by atoms with van der Waals surface area (Å²) in [5.41, 5.74) is 6.82. The topological polar surface area (TPSA) is 103 Å². The van der Waals surface area contributed by atoms with E-state index in [0.29, 0.717) is 17.9 Å². The van der Waals surface area contributed by atoms with Crippen LogP contribution in [0.25, 0.3) is 5.69 Å². The van der Waals surface area contributed by atoms with Gasteiger partial charge in [0.2, 0.25) is 0 Å². The molecule has 0 bridgehead atoms. The van der Waals surface area contributed by atoms with Crippen LogP contribution in [0.15, 0.2) is 41.5 Å². The van der Waals surface area contributed by atoms with Crippen LogP contribution in [-0.2, 0) is 9.53 Å². The fourth-order valence-corrected chi connectivity index (χ4v) is 3.80. The smallest absolute Gasteiger partial charge is 0.332 e. The van der Waals surface area contributed by atoms with Crippen molar-refractivity contribution in [1.29, 1.82) is 5.41 Å². The quantitative estimate of drug-likeness (QED) is 0.437. The first-order chi connectivity index (χ1) is 13.0. The van der Waals surface area contributed by atoms with E-state index in [-0.39, 0.29) is 35.9 Å². The molecule has 2 aromatic rings. The molecule has 8 heteroatoms. The Morgan fingerprint density at radius 2 is 1.82 bits per heavy atom. The number of imidazole rings is 1. The number of aromatic nitrogens is 2. The second-order valence-corrected chi connectivity index (χ2v) is 7.11. The lowest BCUT2D eigenvalue weighted by molar-refractivity contribution is -0.141. The standard InChI is InChI=1S/C20H26N4O3.ClH/c1-27-18(25)11-4-14-2-7-16(8-3-14)23-12-13-24(20(23)26)17-9-5-15(6-10-17)19(21)22;/h5-6,9-10,12-14,16H,2-4,7-8,11H2,1H3,(H3,21,22);1H. The summed E-state index contributed by atoms with van der Waals surface area (Å²) in [5.74, 6) is 0.383. The Hall–Kier alpha value is -2.54. The average molecular weight is 407 g/mol. The molecule has 28 heavy (non-hydrogen) atoms. The van der Waals surface area contributed by atoms with E-state index in [9.17, 15) is 9.59 Å². The Labute approximate surface area is 170 Å². The summed E-state index contributed by atoms with van der Waals surface area (Å²) in [6.07, 6.45) is 8.89. The van der Waals surface area contributed by atoms with Crippen LogP contribution in [0.2, 0.25) is 0 Å². The number of esters is 1. The molecule has 7 nitrogen and oxygen atoms in total. The number of nitrogens with one attached hydrogen (secondary N) is 1. The number of halogens is 1. The van der Waals surface area contributed by atoms with Crippen LogP contribution in [0.5, 0.6) is 0 Å². The summed E-state index contributed by atoms with van der Waals surface area (Å²) in [6, 6.07) is 7.28. The Morgan fingerprint density at radius 3 is 2.39 bits per heavy atom. The number of nitrogens with zero attached hydrogens (tertiary/aromatic N) is 2. The SMILES string of the molecule is COC(=O)CCC1CCC(n2ccn(-c3ccc(C(=N)N)cc3)c2=O)CC1.Cl. The lowest BCUT2D eigenvalue weighted by Gasteiger charge is -2.28. The Bertz CT molecular complexity index is 864. The molecule has 3 rings (SSSR count). The minimum absolute atomic E-state index is 0. The molecule has 0 atom stereocenters. The second kappa shape index (κ2) is 9.59. The number of amidine groups is 1. The first-order valence-corrected chi connectivity index (χ1v) is 9.30. The Morgan fingerprint density at radius 1 is 1.18 bits per heavy atom.